The van der Waals surface area contributed by atoms with Gasteiger partial charge in [0, 0.05) is 23.0 Å². The van der Waals surface area contributed by atoms with Gasteiger partial charge < -0.3 is 10.1 Å². The zero-order valence-corrected chi connectivity index (χ0v) is 13.0. The number of nitro groups is 1. The monoisotopic (exact) mass is 326 g/mol. The van der Waals surface area contributed by atoms with Gasteiger partial charge in [0.05, 0.1) is 17.2 Å². The molecule has 0 aliphatic rings. The zero-order chi connectivity index (χ0) is 15.2. The van der Waals surface area contributed by atoms with E-state index in [9.17, 15) is 10.1 Å². The molecule has 0 atom stereocenters. The standard InChI is InChI=1S/C14H15ClN2O3S/c1-2-5-20-13-4-3-11(15)7-12(13)16-8-10-6-14(17(18)19)21-9-10/h3-4,6-7,9,16H,2,5,8H2,1H3. The van der Waals surface area contributed by atoms with Crippen molar-refractivity contribution in [3.8, 4) is 5.75 Å². The maximum absolute atomic E-state index is 10.7. The highest BCUT2D eigenvalue weighted by molar-refractivity contribution is 7.13. The topological polar surface area (TPSA) is 64.4 Å². The number of hydrogen-bond acceptors (Lipinski definition) is 5. The van der Waals surface area contributed by atoms with Gasteiger partial charge in [0.2, 0.25) is 0 Å². The van der Waals surface area contributed by atoms with E-state index < -0.39 is 0 Å². The molecule has 1 aromatic heterocycles. The molecule has 1 N–H and O–H groups in total. The van der Waals surface area contributed by atoms with Crippen LogP contribution in [0.5, 0.6) is 5.75 Å². The summed E-state index contributed by atoms with van der Waals surface area (Å²) in [5.74, 6) is 0.728. The first-order valence-electron chi connectivity index (χ1n) is 6.48. The minimum atomic E-state index is -0.386. The number of halogens is 1. The van der Waals surface area contributed by atoms with Gasteiger partial charge in [0.25, 0.3) is 0 Å². The van der Waals surface area contributed by atoms with Crippen molar-refractivity contribution in [2.45, 2.75) is 19.9 Å². The van der Waals surface area contributed by atoms with E-state index in [2.05, 4.69) is 5.32 Å². The van der Waals surface area contributed by atoms with E-state index in [0.29, 0.717) is 18.2 Å². The molecule has 0 fully saturated rings. The number of nitrogens with zero attached hydrogens (tertiary/aromatic N) is 1. The predicted octanol–water partition coefficient (Wildman–Crippen LogP) is 4.71. The summed E-state index contributed by atoms with van der Waals surface area (Å²) >= 11 is 7.11. The van der Waals surface area contributed by atoms with Gasteiger partial charge in [-0.1, -0.05) is 29.9 Å². The third-order valence-electron chi connectivity index (χ3n) is 2.71. The predicted molar refractivity (Wildman–Crippen MR) is 85.5 cm³/mol. The van der Waals surface area contributed by atoms with Crippen molar-refractivity contribution in [2.24, 2.45) is 0 Å². The number of benzene rings is 1. The Morgan fingerprint density at radius 1 is 1.43 bits per heavy atom. The summed E-state index contributed by atoms with van der Waals surface area (Å²) in [6.45, 7) is 3.14. The van der Waals surface area contributed by atoms with Crippen LogP contribution in [0.25, 0.3) is 0 Å². The fourth-order valence-electron chi connectivity index (χ4n) is 1.73. The molecule has 7 heteroatoms. The van der Waals surface area contributed by atoms with Gasteiger partial charge in [-0.2, -0.15) is 0 Å². The molecule has 0 unspecified atom stereocenters. The van der Waals surface area contributed by atoms with E-state index in [1.807, 2.05) is 13.0 Å². The van der Waals surface area contributed by atoms with Crippen molar-refractivity contribution in [3.05, 3.63) is 50.3 Å². The van der Waals surface area contributed by atoms with Crippen LogP contribution >= 0.6 is 22.9 Å². The maximum Gasteiger partial charge on any atom is 0.324 e. The minimum absolute atomic E-state index is 0.139. The highest BCUT2D eigenvalue weighted by atomic mass is 35.5. The van der Waals surface area contributed by atoms with Crippen molar-refractivity contribution in [1.29, 1.82) is 0 Å². The average Bonchev–Trinajstić information content (AvgIpc) is 2.93. The molecule has 0 spiro atoms. The van der Waals surface area contributed by atoms with Gasteiger partial charge in [-0.25, -0.2) is 0 Å². The Bertz CT molecular complexity index is 630. The Balaban J connectivity index is 2.07. The van der Waals surface area contributed by atoms with Crippen molar-refractivity contribution in [1.82, 2.24) is 0 Å². The Hall–Kier alpha value is -1.79. The molecule has 2 aromatic rings. The molecule has 1 aromatic carbocycles. The maximum atomic E-state index is 10.7. The van der Waals surface area contributed by atoms with Crippen molar-refractivity contribution >= 4 is 33.6 Å². The lowest BCUT2D eigenvalue weighted by atomic mass is 10.2. The molecule has 0 saturated carbocycles. The second kappa shape index (κ2) is 7.28. The Morgan fingerprint density at radius 2 is 2.24 bits per heavy atom. The molecule has 112 valence electrons. The van der Waals surface area contributed by atoms with Crippen molar-refractivity contribution < 1.29 is 9.66 Å². The highest BCUT2D eigenvalue weighted by Crippen LogP contribution is 2.29. The van der Waals surface area contributed by atoms with Crippen molar-refractivity contribution in [2.75, 3.05) is 11.9 Å². The smallest absolute Gasteiger partial charge is 0.324 e. The Kier molecular flexibility index (Phi) is 5.41. The second-order valence-corrected chi connectivity index (χ2v) is 5.72. The van der Waals surface area contributed by atoms with E-state index in [1.165, 1.54) is 0 Å². The highest BCUT2D eigenvalue weighted by Gasteiger charge is 2.10. The number of anilines is 1. The van der Waals surface area contributed by atoms with E-state index in [0.717, 1.165) is 34.8 Å². The molecule has 0 saturated heterocycles. The number of nitrogens with one attached hydrogen (secondary N) is 1. The van der Waals surface area contributed by atoms with Crippen LogP contribution in [0, 0.1) is 10.1 Å². The summed E-state index contributed by atoms with van der Waals surface area (Å²) in [5, 5.41) is 16.4. The number of thiophene rings is 1. The number of hydrogen-bond donors (Lipinski definition) is 1. The fourth-order valence-corrected chi connectivity index (χ4v) is 2.63. The number of ether oxygens (including phenoxy) is 1. The van der Waals surface area contributed by atoms with Crippen LogP contribution in [0.1, 0.15) is 18.9 Å². The lowest BCUT2D eigenvalue weighted by Crippen LogP contribution is -2.03. The molecular formula is C14H15ClN2O3S. The summed E-state index contributed by atoms with van der Waals surface area (Å²) in [6, 6.07) is 6.94. The van der Waals surface area contributed by atoms with E-state index in [1.54, 1.807) is 23.6 Å². The molecule has 0 aliphatic carbocycles. The fraction of sp³-hybridized carbons (Fsp3) is 0.286. The average molecular weight is 327 g/mol. The summed E-state index contributed by atoms with van der Waals surface area (Å²) in [5.41, 5.74) is 1.64. The molecule has 0 aliphatic heterocycles. The van der Waals surface area contributed by atoms with Crippen LogP contribution in [0.3, 0.4) is 0 Å². The summed E-state index contributed by atoms with van der Waals surface area (Å²) in [7, 11) is 0. The summed E-state index contributed by atoms with van der Waals surface area (Å²) in [6.07, 6.45) is 0.915. The van der Waals surface area contributed by atoms with Crippen molar-refractivity contribution in [3.63, 3.8) is 0 Å². The van der Waals surface area contributed by atoms with Gasteiger partial charge >= 0.3 is 5.00 Å². The quantitative estimate of drug-likeness (QED) is 0.591. The summed E-state index contributed by atoms with van der Waals surface area (Å²) in [4.78, 5) is 10.3. The third-order valence-corrected chi connectivity index (χ3v) is 3.87. The number of rotatable bonds is 7. The molecule has 0 radical (unpaired) electrons. The van der Waals surface area contributed by atoms with Gasteiger partial charge in [-0.05, 0) is 30.2 Å². The summed E-state index contributed by atoms with van der Waals surface area (Å²) < 4.78 is 5.65. The SMILES string of the molecule is CCCOc1ccc(Cl)cc1NCc1csc([N+](=O)[O-])c1. The van der Waals surface area contributed by atoms with Gasteiger partial charge in [0.15, 0.2) is 0 Å². The Labute approximate surface area is 131 Å². The lowest BCUT2D eigenvalue weighted by molar-refractivity contribution is -0.380. The van der Waals surface area contributed by atoms with Gasteiger partial charge in [0.1, 0.15) is 5.75 Å². The molecular weight excluding hydrogens is 312 g/mol. The second-order valence-electron chi connectivity index (χ2n) is 4.39. The molecule has 0 bridgehead atoms. The van der Waals surface area contributed by atoms with E-state index in [4.69, 9.17) is 16.3 Å². The largest absolute Gasteiger partial charge is 0.491 e. The first-order valence-corrected chi connectivity index (χ1v) is 7.74. The van der Waals surface area contributed by atoms with Crippen LogP contribution in [0.4, 0.5) is 10.7 Å². The molecule has 2 rings (SSSR count). The zero-order valence-electron chi connectivity index (χ0n) is 11.5. The van der Waals surface area contributed by atoms with Gasteiger partial charge in [-0.3, -0.25) is 10.1 Å². The molecule has 21 heavy (non-hydrogen) atoms. The van der Waals surface area contributed by atoms with Crippen LogP contribution in [-0.4, -0.2) is 11.5 Å². The molecule has 5 nitrogen and oxygen atoms in total. The van der Waals surface area contributed by atoms with Gasteiger partial charge in [-0.15, -0.1) is 0 Å². The normalized spacial score (nSPS) is 10.4. The molecule has 1 heterocycles. The lowest BCUT2D eigenvalue weighted by Gasteiger charge is -2.12. The molecule has 0 amide bonds. The Morgan fingerprint density at radius 3 is 2.90 bits per heavy atom. The van der Waals surface area contributed by atoms with E-state index in [-0.39, 0.29) is 9.92 Å². The van der Waals surface area contributed by atoms with Crippen LogP contribution in [0.15, 0.2) is 29.6 Å². The van der Waals surface area contributed by atoms with E-state index >= 15 is 0 Å². The van der Waals surface area contributed by atoms with Crippen LogP contribution in [0.2, 0.25) is 5.02 Å². The van der Waals surface area contributed by atoms with Crippen LogP contribution in [-0.2, 0) is 6.54 Å². The first-order chi connectivity index (χ1) is 10.1. The first kappa shape index (κ1) is 15.6. The minimum Gasteiger partial charge on any atom is -0.491 e. The third kappa shape index (κ3) is 4.34. The van der Waals surface area contributed by atoms with Crippen LogP contribution < -0.4 is 10.1 Å².